The van der Waals surface area contributed by atoms with E-state index in [0.717, 1.165) is 16.3 Å². The molecule has 0 saturated heterocycles. The Morgan fingerprint density at radius 3 is 3.00 bits per heavy atom. The normalized spacial score (nSPS) is 13.2. The maximum Gasteiger partial charge on any atom is 0.0954 e. The van der Waals surface area contributed by atoms with Gasteiger partial charge < -0.3 is 9.84 Å². The maximum absolute atomic E-state index is 8.78. The molecular formula is C8H13NO2S. The molecule has 1 N–H and O–H groups in total. The standard InChI is InChI=1S/C8H13NO2S/c1-6(11-2)3-8-9-4-7(5-10)12-8/h4,6,10H,3,5H2,1-2H3. The number of aliphatic hydroxyl groups is 1. The molecule has 68 valence electrons. The van der Waals surface area contributed by atoms with Crippen molar-refractivity contribution in [2.45, 2.75) is 26.1 Å². The molecule has 12 heavy (non-hydrogen) atoms. The van der Waals surface area contributed by atoms with Gasteiger partial charge in [0.15, 0.2) is 0 Å². The first-order valence-electron chi connectivity index (χ1n) is 3.83. The van der Waals surface area contributed by atoms with Crippen molar-refractivity contribution in [3.05, 3.63) is 16.1 Å². The van der Waals surface area contributed by atoms with Crippen molar-refractivity contribution in [2.24, 2.45) is 0 Å². The smallest absolute Gasteiger partial charge is 0.0954 e. The van der Waals surface area contributed by atoms with Crippen molar-refractivity contribution in [1.82, 2.24) is 4.98 Å². The number of thiazole rings is 1. The summed E-state index contributed by atoms with van der Waals surface area (Å²) in [6, 6.07) is 0. The topological polar surface area (TPSA) is 42.4 Å². The molecule has 0 aliphatic rings. The largest absolute Gasteiger partial charge is 0.391 e. The molecule has 1 heterocycles. The summed E-state index contributed by atoms with van der Waals surface area (Å²) in [5, 5.41) is 9.80. The Hall–Kier alpha value is -0.450. The van der Waals surface area contributed by atoms with E-state index in [1.807, 2.05) is 6.92 Å². The van der Waals surface area contributed by atoms with Crippen LogP contribution in [0, 0.1) is 0 Å². The summed E-state index contributed by atoms with van der Waals surface area (Å²) >= 11 is 1.54. The van der Waals surface area contributed by atoms with Crippen LogP contribution in [-0.2, 0) is 17.8 Å². The molecule has 1 atom stereocenters. The highest BCUT2D eigenvalue weighted by molar-refractivity contribution is 7.11. The monoisotopic (exact) mass is 187 g/mol. The lowest BCUT2D eigenvalue weighted by Crippen LogP contribution is -2.07. The molecule has 4 heteroatoms. The van der Waals surface area contributed by atoms with Gasteiger partial charge in [-0.1, -0.05) is 0 Å². The summed E-state index contributed by atoms with van der Waals surface area (Å²) in [5.41, 5.74) is 0. The van der Waals surface area contributed by atoms with Gasteiger partial charge in [0.1, 0.15) is 0 Å². The first-order valence-corrected chi connectivity index (χ1v) is 4.65. The summed E-state index contributed by atoms with van der Waals surface area (Å²) in [6.07, 6.45) is 2.73. The zero-order chi connectivity index (χ0) is 8.97. The van der Waals surface area contributed by atoms with Crippen LogP contribution in [0.2, 0.25) is 0 Å². The van der Waals surface area contributed by atoms with Crippen LogP contribution in [0.1, 0.15) is 16.8 Å². The third-order valence-electron chi connectivity index (χ3n) is 1.62. The Morgan fingerprint density at radius 1 is 1.75 bits per heavy atom. The van der Waals surface area contributed by atoms with Crippen molar-refractivity contribution in [2.75, 3.05) is 7.11 Å². The van der Waals surface area contributed by atoms with E-state index in [9.17, 15) is 0 Å². The number of aromatic nitrogens is 1. The fraction of sp³-hybridized carbons (Fsp3) is 0.625. The lowest BCUT2D eigenvalue weighted by atomic mass is 10.3. The van der Waals surface area contributed by atoms with Gasteiger partial charge in [-0.25, -0.2) is 4.98 Å². The van der Waals surface area contributed by atoms with Crippen molar-refractivity contribution in [3.8, 4) is 0 Å². The van der Waals surface area contributed by atoms with E-state index in [0.29, 0.717) is 0 Å². The molecule has 0 spiro atoms. The first kappa shape index (κ1) is 9.64. The number of nitrogens with zero attached hydrogens (tertiary/aromatic N) is 1. The molecule has 0 saturated carbocycles. The second-order valence-electron chi connectivity index (χ2n) is 2.63. The van der Waals surface area contributed by atoms with Crippen LogP contribution in [0.5, 0.6) is 0 Å². The minimum absolute atomic E-state index is 0.0824. The van der Waals surface area contributed by atoms with Crippen LogP contribution in [0.4, 0.5) is 0 Å². The summed E-state index contributed by atoms with van der Waals surface area (Å²) < 4.78 is 5.10. The molecule has 0 amide bonds. The fourth-order valence-corrected chi connectivity index (χ4v) is 1.74. The number of rotatable bonds is 4. The number of hydrogen-bond acceptors (Lipinski definition) is 4. The Balaban J connectivity index is 2.52. The van der Waals surface area contributed by atoms with E-state index in [1.54, 1.807) is 13.3 Å². The predicted octanol–water partition coefficient (Wildman–Crippen LogP) is 1.21. The second kappa shape index (κ2) is 4.54. The highest BCUT2D eigenvalue weighted by Gasteiger charge is 2.05. The van der Waals surface area contributed by atoms with Crippen LogP contribution < -0.4 is 0 Å². The van der Waals surface area contributed by atoms with Crippen LogP contribution in [0.15, 0.2) is 6.20 Å². The van der Waals surface area contributed by atoms with Gasteiger partial charge in [-0.05, 0) is 6.92 Å². The minimum Gasteiger partial charge on any atom is -0.391 e. The summed E-state index contributed by atoms with van der Waals surface area (Å²) in [5.74, 6) is 0. The van der Waals surface area contributed by atoms with Crippen LogP contribution in [-0.4, -0.2) is 23.3 Å². The molecule has 0 bridgehead atoms. The van der Waals surface area contributed by atoms with Crippen LogP contribution in [0.3, 0.4) is 0 Å². The molecule has 0 aliphatic heterocycles. The Bertz CT molecular complexity index is 237. The third kappa shape index (κ3) is 2.55. The van der Waals surface area contributed by atoms with Crippen molar-refractivity contribution < 1.29 is 9.84 Å². The van der Waals surface area contributed by atoms with Crippen molar-refractivity contribution in [1.29, 1.82) is 0 Å². The molecule has 1 rings (SSSR count). The Labute approximate surface area is 76.0 Å². The number of aliphatic hydroxyl groups excluding tert-OH is 1. The van der Waals surface area contributed by atoms with Gasteiger partial charge in [0.25, 0.3) is 0 Å². The zero-order valence-corrected chi connectivity index (χ0v) is 8.10. The van der Waals surface area contributed by atoms with Gasteiger partial charge in [0.2, 0.25) is 0 Å². The van der Waals surface area contributed by atoms with E-state index in [4.69, 9.17) is 9.84 Å². The number of hydrogen-bond donors (Lipinski definition) is 1. The van der Waals surface area contributed by atoms with Crippen molar-refractivity contribution >= 4 is 11.3 Å². The van der Waals surface area contributed by atoms with E-state index in [1.165, 1.54) is 11.3 Å². The number of ether oxygens (including phenoxy) is 1. The van der Waals surface area contributed by atoms with E-state index in [-0.39, 0.29) is 12.7 Å². The van der Waals surface area contributed by atoms with Crippen LogP contribution >= 0.6 is 11.3 Å². The zero-order valence-electron chi connectivity index (χ0n) is 7.28. The number of methoxy groups -OCH3 is 1. The van der Waals surface area contributed by atoms with Gasteiger partial charge in [0.05, 0.1) is 22.6 Å². The van der Waals surface area contributed by atoms with E-state index < -0.39 is 0 Å². The molecule has 0 fully saturated rings. The van der Waals surface area contributed by atoms with Gasteiger partial charge in [-0.2, -0.15) is 0 Å². The fourth-order valence-electron chi connectivity index (χ4n) is 0.845. The molecule has 0 radical (unpaired) electrons. The molecule has 1 aromatic heterocycles. The van der Waals surface area contributed by atoms with Gasteiger partial charge in [0, 0.05) is 19.7 Å². The van der Waals surface area contributed by atoms with Gasteiger partial charge in [-0.15, -0.1) is 11.3 Å². The van der Waals surface area contributed by atoms with E-state index in [2.05, 4.69) is 4.98 Å². The average molecular weight is 187 g/mol. The first-order chi connectivity index (χ1) is 5.76. The molecule has 0 aromatic carbocycles. The van der Waals surface area contributed by atoms with E-state index >= 15 is 0 Å². The predicted molar refractivity (Wildman–Crippen MR) is 48.2 cm³/mol. The Kier molecular flexibility index (Phi) is 3.65. The minimum atomic E-state index is 0.0824. The molecule has 1 aromatic rings. The lowest BCUT2D eigenvalue weighted by molar-refractivity contribution is 0.119. The van der Waals surface area contributed by atoms with Crippen molar-refractivity contribution in [3.63, 3.8) is 0 Å². The maximum atomic E-state index is 8.78. The lowest BCUT2D eigenvalue weighted by Gasteiger charge is -2.05. The van der Waals surface area contributed by atoms with Gasteiger partial charge >= 0.3 is 0 Å². The summed E-state index contributed by atoms with van der Waals surface area (Å²) in [7, 11) is 1.69. The molecule has 1 unspecified atom stereocenters. The second-order valence-corrected chi connectivity index (χ2v) is 3.83. The average Bonchev–Trinajstić information content (AvgIpc) is 2.52. The quantitative estimate of drug-likeness (QED) is 0.770. The SMILES string of the molecule is COC(C)Cc1ncc(CO)s1. The highest BCUT2D eigenvalue weighted by atomic mass is 32.1. The molecule has 0 aliphatic carbocycles. The molecule has 3 nitrogen and oxygen atoms in total. The van der Waals surface area contributed by atoms with Gasteiger partial charge in [-0.3, -0.25) is 0 Å². The van der Waals surface area contributed by atoms with Crippen LogP contribution in [0.25, 0.3) is 0 Å². The Morgan fingerprint density at radius 2 is 2.50 bits per heavy atom. The summed E-state index contributed by atoms with van der Waals surface area (Å²) in [4.78, 5) is 5.06. The summed E-state index contributed by atoms with van der Waals surface area (Å²) in [6.45, 7) is 2.08. The highest BCUT2D eigenvalue weighted by Crippen LogP contribution is 2.14. The molecular weight excluding hydrogens is 174 g/mol. The third-order valence-corrected chi connectivity index (χ3v) is 2.63.